The van der Waals surface area contributed by atoms with Crippen molar-refractivity contribution in [2.75, 3.05) is 12.4 Å². The van der Waals surface area contributed by atoms with Gasteiger partial charge in [-0.25, -0.2) is 0 Å². The number of ether oxygens (including phenoxy) is 1. The van der Waals surface area contributed by atoms with Gasteiger partial charge in [0.1, 0.15) is 11.8 Å². The Bertz CT molecular complexity index is 655. The van der Waals surface area contributed by atoms with Crippen LogP contribution in [0.4, 0.5) is 18.9 Å². The van der Waals surface area contributed by atoms with Crippen molar-refractivity contribution in [2.45, 2.75) is 24.6 Å². The lowest BCUT2D eigenvalue weighted by molar-refractivity contribution is -0.144. The number of methoxy groups -OCH3 is 1. The molecule has 0 aromatic heterocycles. The number of fused-ring (bicyclic) bond motifs is 1. The molecule has 1 aliphatic rings. The highest BCUT2D eigenvalue weighted by atomic mass is 19.4. The standard InChI is InChI=1S/C17H16F3NO/c1-22-12-7-8-15-14(9-12)13(11-5-3-2-4-6-11)10-16(21-15)17(18,19)20/h2-9,13,16,21H,10H2,1H3/t13-,16+/m0/s1. The average molecular weight is 307 g/mol. The molecule has 22 heavy (non-hydrogen) atoms. The lowest BCUT2D eigenvalue weighted by Gasteiger charge is -2.34. The van der Waals surface area contributed by atoms with Gasteiger partial charge < -0.3 is 10.1 Å². The van der Waals surface area contributed by atoms with E-state index in [4.69, 9.17) is 4.74 Å². The molecule has 0 aliphatic carbocycles. The third-order valence-electron chi connectivity index (χ3n) is 4.03. The number of benzene rings is 2. The molecule has 2 atom stereocenters. The fourth-order valence-corrected chi connectivity index (χ4v) is 2.91. The zero-order valence-corrected chi connectivity index (χ0v) is 12.0. The van der Waals surface area contributed by atoms with E-state index in [1.165, 1.54) is 0 Å². The maximum absolute atomic E-state index is 13.2. The second-order valence-corrected chi connectivity index (χ2v) is 5.39. The number of halogens is 3. The third-order valence-corrected chi connectivity index (χ3v) is 4.03. The smallest absolute Gasteiger partial charge is 0.408 e. The summed E-state index contributed by atoms with van der Waals surface area (Å²) < 4.78 is 44.8. The van der Waals surface area contributed by atoms with Crippen LogP contribution < -0.4 is 10.1 Å². The largest absolute Gasteiger partial charge is 0.497 e. The quantitative estimate of drug-likeness (QED) is 0.877. The van der Waals surface area contributed by atoms with Crippen molar-refractivity contribution >= 4 is 5.69 Å². The van der Waals surface area contributed by atoms with Gasteiger partial charge in [0.15, 0.2) is 0 Å². The molecule has 0 saturated carbocycles. The molecule has 2 aromatic carbocycles. The Kier molecular flexibility index (Phi) is 3.72. The van der Waals surface area contributed by atoms with Gasteiger partial charge in [-0.3, -0.25) is 0 Å². The van der Waals surface area contributed by atoms with Gasteiger partial charge in [0.2, 0.25) is 0 Å². The van der Waals surface area contributed by atoms with E-state index in [0.29, 0.717) is 11.4 Å². The van der Waals surface area contributed by atoms with E-state index in [2.05, 4.69) is 5.32 Å². The van der Waals surface area contributed by atoms with Crippen molar-refractivity contribution in [3.05, 3.63) is 59.7 Å². The number of anilines is 1. The minimum Gasteiger partial charge on any atom is -0.497 e. The van der Waals surface area contributed by atoms with Crippen molar-refractivity contribution < 1.29 is 17.9 Å². The summed E-state index contributed by atoms with van der Waals surface area (Å²) >= 11 is 0. The van der Waals surface area contributed by atoms with E-state index in [1.807, 2.05) is 36.4 Å². The van der Waals surface area contributed by atoms with Crippen LogP contribution in [0.2, 0.25) is 0 Å². The molecule has 0 saturated heterocycles. The van der Waals surface area contributed by atoms with Crippen molar-refractivity contribution in [1.82, 2.24) is 0 Å². The van der Waals surface area contributed by atoms with Crippen LogP contribution in [0, 0.1) is 0 Å². The molecule has 0 unspecified atom stereocenters. The Morgan fingerprint density at radius 2 is 1.82 bits per heavy atom. The van der Waals surface area contributed by atoms with Crippen LogP contribution in [0.1, 0.15) is 23.5 Å². The first kappa shape index (κ1) is 14.8. The van der Waals surface area contributed by atoms with E-state index >= 15 is 0 Å². The van der Waals surface area contributed by atoms with Gasteiger partial charge in [0.05, 0.1) is 7.11 Å². The summed E-state index contributed by atoms with van der Waals surface area (Å²) in [6.45, 7) is 0. The summed E-state index contributed by atoms with van der Waals surface area (Å²) in [6, 6.07) is 12.9. The first-order chi connectivity index (χ1) is 10.5. The summed E-state index contributed by atoms with van der Waals surface area (Å²) in [6.07, 6.45) is -4.29. The molecule has 116 valence electrons. The minimum absolute atomic E-state index is 0.0202. The molecule has 0 fully saturated rings. The summed E-state index contributed by atoms with van der Waals surface area (Å²) in [5.74, 6) is 0.339. The van der Waals surface area contributed by atoms with Crippen LogP contribution >= 0.6 is 0 Å². The Balaban J connectivity index is 2.07. The highest BCUT2D eigenvalue weighted by molar-refractivity contribution is 5.61. The van der Waals surface area contributed by atoms with Gasteiger partial charge in [0.25, 0.3) is 0 Å². The van der Waals surface area contributed by atoms with Gasteiger partial charge >= 0.3 is 6.18 Å². The summed E-state index contributed by atoms with van der Waals surface area (Å²) in [4.78, 5) is 0. The Hall–Kier alpha value is -2.17. The molecule has 0 amide bonds. The SMILES string of the molecule is COc1ccc2c(c1)[C@H](c1ccccc1)C[C@H](C(F)(F)F)N2. The van der Waals surface area contributed by atoms with Crippen LogP contribution in [0.25, 0.3) is 0 Å². The number of hydrogen-bond acceptors (Lipinski definition) is 2. The molecular formula is C17H16F3NO. The van der Waals surface area contributed by atoms with E-state index in [-0.39, 0.29) is 12.3 Å². The molecule has 2 aromatic rings. The maximum Gasteiger partial charge on any atom is 0.408 e. The van der Waals surface area contributed by atoms with Crippen molar-refractivity contribution in [3.8, 4) is 5.75 Å². The van der Waals surface area contributed by atoms with E-state index < -0.39 is 12.2 Å². The molecule has 0 spiro atoms. The third kappa shape index (κ3) is 2.75. The maximum atomic E-state index is 13.2. The van der Waals surface area contributed by atoms with Crippen LogP contribution in [-0.2, 0) is 0 Å². The zero-order valence-electron chi connectivity index (χ0n) is 12.0. The van der Waals surface area contributed by atoms with Crippen molar-refractivity contribution in [3.63, 3.8) is 0 Å². The number of nitrogens with one attached hydrogen (secondary N) is 1. The van der Waals surface area contributed by atoms with Crippen molar-refractivity contribution in [2.24, 2.45) is 0 Å². The Morgan fingerprint density at radius 3 is 2.45 bits per heavy atom. The summed E-state index contributed by atoms with van der Waals surface area (Å²) in [5.41, 5.74) is 2.24. The van der Waals surface area contributed by atoms with Gasteiger partial charge in [-0.05, 0) is 35.7 Å². The first-order valence-electron chi connectivity index (χ1n) is 7.05. The lowest BCUT2D eigenvalue weighted by atomic mass is 9.82. The molecule has 1 aliphatic heterocycles. The monoisotopic (exact) mass is 307 g/mol. The van der Waals surface area contributed by atoms with Crippen LogP contribution in [-0.4, -0.2) is 19.3 Å². The summed E-state index contributed by atoms with van der Waals surface area (Å²) in [5, 5.41) is 2.61. The Morgan fingerprint density at radius 1 is 1.09 bits per heavy atom. The van der Waals surface area contributed by atoms with E-state index in [0.717, 1.165) is 11.1 Å². The highest BCUT2D eigenvalue weighted by Gasteiger charge is 2.44. The molecule has 1 heterocycles. The second-order valence-electron chi connectivity index (χ2n) is 5.39. The first-order valence-corrected chi connectivity index (χ1v) is 7.05. The molecule has 3 rings (SSSR count). The van der Waals surface area contributed by atoms with Gasteiger partial charge in [-0.2, -0.15) is 13.2 Å². The van der Waals surface area contributed by atoms with Gasteiger partial charge in [-0.1, -0.05) is 30.3 Å². The lowest BCUT2D eigenvalue weighted by Crippen LogP contribution is -2.40. The number of hydrogen-bond donors (Lipinski definition) is 1. The predicted octanol–water partition coefficient (Wildman–Crippen LogP) is 4.57. The molecule has 0 radical (unpaired) electrons. The highest BCUT2D eigenvalue weighted by Crippen LogP contribution is 2.43. The number of alkyl halides is 3. The van der Waals surface area contributed by atoms with Crippen LogP contribution in [0.5, 0.6) is 5.75 Å². The molecular weight excluding hydrogens is 291 g/mol. The van der Waals surface area contributed by atoms with Gasteiger partial charge in [0, 0.05) is 11.6 Å². The summed E-state index contributed by atoms with van der Waals surface area (Å²) in [7, 11) is 1.55. The molecule has 5 heteroatoms. The van der Waals surface area contributed by atoms with E-state index in [1.54, 1.807) is 19.2 Å². The predicted molar refractivity (Wildman–Crippen MR) is 79.4 cm³/mol. The second kappa shape index (κ2) is 5.55. The normalized spacial score (nSPS) is 20.9. The number of rotatable bonds is 2. The zero-order chi connectivity index (χ0) is 15.7. The van der Waals surface area contributed by atoms with Crippen LogP contribution in [0.15, 0.2) is 48.5 Å². The molecule has 1 N–H and O–H groups in total. The fraction of sp³-hybridized carbons (Fsp3) is 0.294. The molecule has 0 bridgehead atoms. The van der Waals surface area contributed by atoms with Gasteiger partial charge in [-0.15, -0.1) is 0 Å². The topological polar surface area (TPSA) is 21.3 Å². The Labute approximate surface area is 126 Å². The van der Waals surface area contributed by atoms with Crippen LogP contribution in [0.3, 0.4) is 0 Å². The fourth-order valence-electron chi connectivity index (χ4n) is 2.91. The average Bonchev–Trinajstić information content (AvgIpc) is 2.53. The molecule has 2 nitrogen and oxygen atoms in total. The van der Waals surface area contributed by atoms with E-state index in [9.17, 15) is 13.2 Å². The minimum atomic E-state index is -4.27. The van der Waals surface area contributed by atoms with Crippen molar-refractivity contribution in [1.29, 1.82) is 0 Å².